The Morgan fingerprint density at radius 3 is 2.58 bits per heavy atom. The first kappa shape index (κ1) is 16.5. The molecule has 1 aromatic carbocycles. The van der Waals surface area contributed by atoms with Gasteiger partial charge < -0.3 is 5.32 Å². The Labute approximate surface area is 143 Å². The second-order valence-corrected chi connectivity index (χ2v) is 6.30. The van der Waals surface area contributed by atoms with Crippen LogP contribution in [0.1, 0.15) is 23.4 Å². The van der Waals surface area contributed by atoms with Crippen molar-refractivity contribution in [2.45, 2.75) is 20.3 Å². The lowest BCUT2D eigenvalue weighted by Gasteiger charge is -2.25. The normalized spacial score (nSPS) is 15.2. The van der Waals surface area contributed by atoms with Gasteiger partial charge in [0.1, 0.15) is 0 Å². The quantitative estimate of drug-likeness (QED) is 0.941. The second-order valence-electron chi connectivity index (χ2n) is 6.30. The van der Waals surface area contributed by atoms with E-state index in [1.807, 2.05) is 27.0 Å². The van der Waals surface area contributed by atoms with Crippen molar-refractivity contribution in [1.29, 1.82) is 0 Å². The number of hydrogen-bond donors (Lipinski definition) is 1. The summed E-state index contributed by atoms with van der Waals surface area (Å²) < 4.78 is 1.79. The molecule has 5 heteroatoms. The Kier molecular flexibility index (Phi) is 4.81. The highest BCUT2D eigenvalue weighted by atomic mass is 16.2. The van der Waals surface area contributed by atoms with Gasteiger partial charge in [-0.05, 0) is 31.4 Å². The molecule has 1 N–H and O–H groups in total. The first-order chi connectivity index (χ1) is 11.5. The summed E-state index contributed by atoms with van der Waals surface area (Å²) in [7, 11) is 1.89. The lowest BCUT2D eigenvalue weighted by atomic mass is 10.00. The molecule has 0 radical (unpaired) electrons. The van der Waals surface area contributed by atoms with Gasteiger partial charge in [-0.3, -0.25) is 14.4 Å². The van der Waals surface area contributed by atoms with Crippen LogP contribution < -0.4 is 5.32 Å². The molecule has 2 aromatic rings. The molecule has 1 aromatic heterocycles. The summed E-state index contributed by atoms with van der Waals surface area (Å²) in [6, 6.07) is 10.4. The summed E-state index contributed by atoms with van der Waals surface area (Å²) in [6.45, 7) is 6.00. The van der Waals surface area contributed by atoms with Crippen molar-refractivity contribution in [3.63, 3.8) is 0 Å². The SMILES string of the molecule is Cc1nn(C)c(C)c1NC(=O)CN1CC=C(c2ccccc2)CC1. The predicted octanol–water partition coefficient (Wildman–Crippen LogP) is 2.76. The Hall–Kier alpha value is -2.40. The molecular formula is C19H24N4O. The van der Waals surface area contributed by atoms with E-state index in [-0.39, 0.29) is 5.91 Å². The molecule has 0 aliphatic carbocycles. The van der Waals surface area contributed by atoms with Gasteiger partial charge in [0, 0.05) is 20.1 Å². The third-order valence-corrected chi connectivity index (χ3v) is 4.58. The van der Waals surface area contributed by atoms with Crippen LogP contribution in [0.4, 0.5) is 5.69 Å². The van der Waals surface area contributed by atoms with Crippen LogP contribution >= 0.6 is 0 Å². The summed E-state index contributed by atoms with van der Waals surface area (Å²) in [5, 5.41) is 7.34. The molecule has 126 valence electrons. The first-order valence-corrected chi connectivity index (χ1v) is 8.31. The van der Waals surface area contributed by atoms with Crippen LogP contribution in [0.15, 0.2) is 36.4 Å². The van der Waals surface area contributed by atoms with Gasteiger partial charge in [-0.25, -0.2) is 0 Å². The zero-order valence-electron chi connectivity index (χ0n) is 14.5. The van der Waals surface area contributed by atoms with Crippen LogP contribution in [0.3, 0.4) is 0 Å². The fraction of sp³-hybridized carbons (Fsp3) is 0.368. The molecule has 0 spiro atoms. The summed E-state index contributed by atoms with van der Waals surface area (Å²) in [5.74, 6) is 0.0192. The minimum absolute atomic E-state index is 0.0192. The Morgan fingerprint density at radius 2 is 2.00 bits per heavy atom. The number of carbonyl (C=O) groups excluding carboxylic acids is 1. The number of benzene rings is 1. The van der Waals surface area contributed by atoms with Gasteiger partial charge in [-0.15, -0.1) is 0 Å². The van der Waals surface area contributed by atoms with Crippen molar-refractivity contribution in [2.24, 2.45) is 7.05 Å². The van der Waals surface area contributed by atoms with Crippen molar-refractivity contribution in [2.75, 3.05) is 25.0 Å². The molecule has 0 atom stereocenters. The van der Waals surface area contributed by atoms with Crippen LogP contribution in [0.5, 0.6) is 0 Å². The number of carbonyl (C=O) groups is 1. The molecule has 2 heterocycles. The molecule has 3 rings (SSSR count). The maximum atomic E-state index is 12.3. The van der Waals surface area contributed by atoms with E-state index in [0.29, 0.717) is 6.54 Å². The minimum atomic E-state index is 0.0192. The number of nitrogens with zero attached hydrogens (tertiary/aromatic N) is 3. The lowest BCUT2D eigenvalue weighted by Crippen LogP contribution is -2.36. The van der Waals surface area contributed by atoms with E-state index in [9.17, 15) is 4.79 Å². The molecule has 0 fully saturated rings. The number of amides is 1. The average molecular weight is 324 g/mol. The highest BCUT2D eigenvalue weighted by molar-refractivity contribution is 5.93. The zero-order chi connectivity index (χ0) is 17.1. The van der Waals surface area contributed by atoms with E-state index < -0.39 is 0 Å². The third-order valence-electron chi connectivity index (χ3n) is 4.58. The van der Waals surface area contributed by atoms with E-state index in [0.717, 1.165) is 36.6 Å². The van der Waals surface area contributed by atoms with Crippen LogP contribution in [-0.2, 0) is 11.8 Å². The van der Waals surface area contributed by atoms with E-state index in [1.54, 1.807) is 4.68 Å². The van der Waals surface area contributed by atoms with Gasteiger partial charge in [-0.2, -0.15) is 5.10 Å². The third kappa shape index (κ3) is 3.57. The molecule has 0 bridgehead atoms. The van der Waals surface area contributed by atoms with Crippen LogP contribution in [-0.4, -0.2) is 40.2 Å². The van der Waals surface area contributed by atoms with Crippen molar-refractivity contribution in [1.82, 2.24) is 14.7 Å². The fourth-order valence-electron chi connectivity index (χ4n) is 3.11. The van der Waals surface area contributed by atoms with Crippen LogP contribution in [0, 0.1) is 13.8 Å². The highest BCUT2D eigenvalue weighted by Crippen LogP contribution is 2.22. The predicted molar refractivity (Wildman–Crippen MR) is 96.8 cm³/mol. The molecule has 1 amide bonds. The average Bonchev–Trinajstić information content (AvgIpc) is 2.82. The van der Waals surface area contributed by atoms with Crippen molar-refractivity contribution in [3.8, 4) is 0 Å². The molecule has 0 unspecified atom stereocenters. The highest BCUT2D eigenvalue weighted by Gasteiger charge is 2.17. The number of aromatic nitrogens is 2. The molecule has 5 nitrogen and oxygen atoms in total. The molecule has 1 aliphatic heterocycles. The van der Waals surface area contributed by atoms with Crippen LogP contribution in [0.2, 0.25) is 0 Å². The van der Waals surface area contributed by atoms with E-state index in [4.69, 9.17) is 0 Å². The number of rotatable bonds is 4. The maximum Gasteiger partial charge on any atom is 0.238 e. The largest absolute Gasteiger partial charge is 0.322 e. The standard InChI is InChI=1S/C19H24N4O/c1-14-19(15(2)22(3)21-14)20-18(24)13-23-11-9-17(10-12-23)16-7-5-4-6-8-16/h4-9H,10-13H2,1-3H3,(H,20,24). The number of nitrogens with one attached hydrogen (secondary N) is 1. The lowest BCUT2D eigenvalue weighted by molar-refractivity contribution is -0.117. The van der Waals surface area contributed by atoms with Crippen molar-refractivity contribution in [3.05, 3.63) is 53.4 Å². The summed E-state index contributed by atoms with van der Waals surface area (Å²) in [6.07, 6.45) is 3.20. The van der Waals surface area contributed by atoms with Gasteiger partial charge >= 0.3 is 0 Å². The van der Waals surface area contributed by atoms with Gasteiger partial charge in [0.15, 0.2) is 0 Å². The summed E-state index contributed by atoms with van der Waals surface area (Å²) >= 11 is 0. The second kappa shape index (κ2) is 7.01. The Balaban J connectivity index is 1.58. The van der Waals surface area contributed by atoms with Gasteiger partial charge in [0.2, 0.25) is 5.91 Å². The Morgan fingerprint density at radius 1 is 1.25 bits per heavy atom. The van der Waals surface area contributed by atoms with Crippen LogP contribution in [0.25, 0.3) is 5.57 Å². The topological polar surface area (TPSA) is 50.2 Å². The van der Waals surface area contributed by atoms with E-state index >= 15 is 0 Å². The summed E-state index contributed by atoms with van der Waals surface area (Å²) in [4.78, 5) is 14.5. The number of aryl methyl sites for hydroxylation is 2. The first-order valence-electron chi connectivity index (χ1n) is 8.31. The zero-order valence-corrected chi connectivity index (χ0v) is 14.5. The maximum absolute atomic E-state index is 12.3. The summed E-state index contributed by atoms with van der Waals surface area (Å²) in [5.41, 5.74) is 5.31. The number of anilines is 1. The van der Waals surface area contributed by atoms with Crippen molar-refractivity contribution >= 4 is 17.2 Å². The number of hydrogen-bond acceptors (Lipinski definition) is 3. The van der Waals surface area contributed by atoms with E-state index in [2.05, 4.69) is 45.7 Å². The molecule has 0 saturated carbocycles. The molecular weight excluding hydrogens is 300 g/mol. The minimum Gasteiger partial charge on any atom is -0.322 e. The van der Waals surface area contributed by atoms with Gasteiger partial charge in [0.05, 0.1) is 23.6 Å². The Bertz CT molecular complexity index is 761. The fourth-order valence-corrected chi connectivity index (χ4v) is 3.11. The van der Waals surface area contributed by atoms with E-state index in [1.165, 1.54) is 11.1 Å². The van der Waals surface area contributed by atoms with Gasteiger partial charge in [-0.1, -0.05) is 36.4 Å². The molecule has 0 saturated heterocycles. The molecule has 1 aliphatic rings. The smallest absolute Gasteiger partial charge is 0.238 e. The molecule has 24 heavy (non-hydrogen) atoms. The monoisotopic (exact) mass is 324 g/mol. The van der Waals surface area contributed by atoms with Gasteiger partial charge in [0.25, 0.3) is 0 Å². The van der Waals surface area contributed by atoms with Crippen molar-refractivity contribution < 1.29 is 4.79 Å².